The zero-order valence-corrected chi connectivity index (χ0v) is 14.0. The van der Waals surface area contributed by atoms with Gasteiger partial charge in [-0.1, -0.05) is 0 Å². The molecule has 0 atom stereocenters. The number of hydrogen-bond donors (Lipinski definition) is 2. The molecule has 1 rings (SSSR count). The summed E-state index contributed by atoms with van der Waals surface area (Å²) in [7, 11) is 0. The van der Waals surface area contributed by atoms with Crippen LogP contribution < -0.4 is 10.5 Å². The van der Waals surface area contributed by atoms with E-state index >= 15 is 0 Å². The second kappa shape index (κ2) is 7.41. The van der Waals surface area contributed by atoms with Crippen LogP contribution in [0.15, 0.2) is 6.07 Å². The van der Waals surface area contributed by atoms with Gasteiger partial charge in [0.2, 0.25) is 0 Å². The lowest BCUT2D eigenvalue weighted by Gasteiger charge is -2.30. The van der Waals surface area contributed by atoms with E-state index in [2.05, 4.69) is 37.6 Å². The van der Waals surface area contributed by atoms with Crippen LogP contribution in [0.4, 0.5) is 0 Å². The molecule has 5 nitrogen and oxygen atoms in total. The van der Waals surface area contributed by atoms with Gasteiger partial charge in [-0.2, -0.15) is 0 Å². The largest absolute Gasteiger partial charge is 0.491 e. The summed E-state index contributed by atoms with van der Waals surface area (Å²) >= 11 is 0. The van der Waals surface area contributed by atoms with Crippen molar-refractivity contribution >= 4 is 5.84 Å². The molecule has 0 bridgehead atoms. The van der Waals surface area contributed by atoms with Gasteiger partial charge < -0.3 is 10.5 Å². The van der Waals surface area contributed by atoms with E-state index < -0.39 is 0 Å². The molecule has 0 aliphatic carbocycles. The summed E-state index contributed by atoms with van der Waals surface area (Å²) in [4.78, 5) is 6.71. The van der Waals surface area contributed by atoms with Gasteiger partial charge >= 0.3 is 0 Å². The van der Waals surface area contributed by atoms with Crippen LogP contribution in [0.5, 0.6) is 5.75 Å². The van der Waals surface area contributed by atoms with Gasteiger partial charge in [-0.05, 0) is 41.5 Å². The minimum Gasteiger partial charge on any atom is -0.491 e. The summed E-state index contributed by atoms with van der Waals surface area (Å²) in [5, 5.41) is 7.69. The molecule has 0 aliphatic heterocycles. The molecular formula is C16H28N4O. The number of pyridine rings is 1. The van der Waals surface area contributed by atoms with Crippen LogP contribution in [-0.4, -0.2) is 41.0 Å². The van der Waals surface area contributed by atoms with Crippen molar-refractivity contribution in [1.29, 1.82) is 5.41 Å². The molecule has 0 unspecified atom stereocenters. The van der Waals surface area contributed by atoms with E-state index in [0.717, 1.165) is 17.9 Å². The third-order valence-electron chi connectivity index (χ3n) is 3.50. The summed E-state index contributed by atoms with van der Waals surface area (Å²) in [5.74, 6) is 0.652. The molecule has 0 fully saturated rings. The molecule has 0 radical (unpaired) electrons. The molecule has 0 spiro atoms. The Morgan fingerprint density at radius 1 is 1.29 bits per heavy atom. The van der Waals surface area contributed by atoms with Crippen molar-refractivity contribution in [1.82, 2.24) is 9.88 Å². The number of aryl methyl sites for hydroxylation is 2. The number of nitrogens with one attached hydrogen (secondary N) is 1. The average Bonchev–Trinajstić information content (AvgIpc) is 2.31. The SMILES string of the molecule is Cc1cc(OCCN(C(C)C)C(C)C)c(C(=N)N)c(C)n1. The van der Waals surface area contributed by atoms with E-state index in [4.69, 9.17) is 15.9 Å². The average molecular weight is 292 g/mol. The Bertz CT molecular complexity index is 489. The predicted molar refractivity (Wildman–Crippen MR) is 87.2 cm³/mol. The van der Waals surface area contributed by atoms with E-state index in [1.54, 1.807) is 0 Å². The van der Waals surface area contributed by atoms with Crippen molar-refractivity contribution in [2.75, 3.05) is 13.2 Å². The van der Waals surface area contributed by atoms with Crippen molar-refractivity contribution < 1.29 is 4.74 Å². The molecule has 3 N–H and O–H groups in total. The second-order valence-corrected chi connectivity index (χ2v) is 5.91. The van der Waals surface area contributed by atoms with Gasteiger partial charge in [-0.3, -0.25) is 15.3 Å². The quantitative estimate of drug-likeness (QED) is 0.598. The molecule has 5 heteroatoms. The van der Waals surface area contributed by atoms with Crippen molar-refractivity contribution in [2.45, 2.75) is 53.6 Å². The number of nitrogens with zero attached hydrogens (tertiary/aromatic N) is 2. The molecule has 0 aliphatic rings. The van der Waals surface area contributed by atoms with Gasteiger partial charge in [0.15, 0.2) is 0 Å². The Balaban J connectivity index is 2.82. The maximum absolute atomic E-state index is 7.69. The fourth-order valence-corrected chi connectivity index (χ4v) is 2.61. The number of ether oxygens (including phenoxy) is 1. The van der Waals surface area contributed by atoms with E-state index in [1.165, 1.54) is 0 Å². The lowest BCUT2D eigenvalue weighted by molar-refractivity contribution is 0.142. The highest BCUT2D eigenvalue weighted by atomic mass is 16.5. The first-order valence-electron chi connectivity index (χ1n) is 7.45. The number of rotatable bonds is 7. The van der Waals surface area contributed by atoms with Crippen molar-refractivity contribution in [3.63, 3.8) is 0 Å². The highest BCUT2D eigenvalue weighted by molar-refractivity contribution is 5.98. The Kier molecular flexibility index (Phi) is 6.15. The standard InChI is InChI=1S/C16H28N4O/c1-10(2)20(11(3)4)7-8-21-14-9-12(5)19-13(6)15(14)16(17)18/h9-11H,7-8H2,1-6H3,(H3,17,18). The maximum Gasteiger partial charge on any atom is 0.133 e. The third kappa shape index (κ3) is 4.70. The van der Waals surface area contributed by atoms with Crippen LogP contribution >= 0.6 is 0 Å². The van der Waals surface area contributed by atoms with E-state index in [1.807, 2.05) is 19.9 Å². The fourth-order valence-electron chi connectivity index (χ4n) is 2.61. The van der Waals surface area contributed by atoms with Crippen LogP contribution in [0.2, 0.25) is 0 Å². The van der Waals surface area contributed by atoms with Gasteiger partial charge in [0.05, 0.1) is 11.3 Å². The van der Waals surface area contributed by atoms with E-state index in [-0.39, 0.29) is 5.84 Å². The molecule has 0 aromatic carbocycles. The van der Waals surface area contributed by atoms with Crippen LogP contribution in [-0.2, 0) is 0 Å². The summed E-state index contributed by atoms with van der Waals surface area (Å²) in [6.45, 7) is 13.9. The molecule has 0 saturated carbocycles. The summed E-state index contributed by atoms with van der Waals surface area (Å²) in [6.07, 6.45) is 0. The number of amidine groups is 1. The number of aromatic nitrogens is 1. The summed E-state index contributed by atoms with van der Waals surface area (Å²) in [5.41, 5.74) is 7.86. The third-order valence-corrected chi connectivity index (χ3v) is 3.50. The number of hydrogen-bond acceptors (Lipinski definition) is 4. The lowest BCUT2D eigenvalue weighted by atomic mass is 10.1. The zero-order chi connectivity index (χ0) is 16.2. The summed E-state index contributed by atoms with van der Waals surface area (Å²) < 4.78 is 5.89. The lowest BCUT2D eigenvalue weighted by Crippen LogP contribution is -2.39. The Morgan fingerprint density at radius 2 is 1.86 bits per heavy atom. The molecule has 0 amide bonds. The van der Waals surface area contributed by atoms with Crippen LogP contribution in [0.25, 0.3) is 0 Å². The topological polar surface area (TPSA) is 75.2 Å². The second-order valence-electron chi connectivity index (χ2n) is 5.91. The van der Waals surface area contributed by atoms with Gasteiger partial charge in [0.25, 0.3) is 0 Å². The highest BCUT2D eigenvalue weighted by Gasteiger charge is 2.15. The first-order valence-corrected chi connectivity index (χ1v) is 7.45. The highest BCUT2D eigenvalue weighted by Crippen LogP contribution is 2.22. The van der Waals surface area contributed by atoms with Gasteiger partial charge in [-0.25, -0.2) is 0 Å². The number of nitrogen functional groups attached to an aromatic ring is 1. The molecule has 118 valence electrons. The molecule has 1 aromatic heterocycles. The molecule has 1 heterocycles. The minimum absolute atomic E-state index is 0.000393. The van der Waals surface area contributed by atoms with Gasteiger partial charge in [-0.15, -0.1) is 0 Å². The minimum atomic E-state index is -0.000393. The van der Waals surface area contributed by atoms with E-state index in [9.17, 15) is 0 Å². The Labute approximate surface area is 128 Å². The first kappa shape index (κ1) is 17.4. The number of nitrogens with two attached hydrogens (primary N) is 1. The van der Waals surface area contributed by atoms with Gasteiger partial charge in [0.1, 0.15) is 18.2 Å². The Hall–Kier alpha value is -1.62. The molecular weight excluding hydrogens is 264 g/mol. The monoisotopic (exact) mass is 292 g/mol. The van der Waals surface area contributed by atoms with Crippen molar-refractivity contribution in [3.8, 4) is 5.75 Å². The van der Waals surface area contributed by atoms with Crippen LogP contribution in [0, 0.1) is 19.3 Å². The maximum atomic E-state index is 7.69. The smallest absolute Gasteiger partial charge is 0.133 e. The normalized spacial score (nSPS) is 11.5. The zero-order valence-electron chi connectivity index (χ0n) is 14.0. The summed E-state index contributed by atoms with van der Waals surface area (Å²) in [6, 6.07) is 2.79. The van der Waals surface area contributed by atoms with E-state index in [0.29, 0.717) is 30.0 Å². The Morgan fingerprint density at radius 3 is 2.33 bits per heavy atom. The molecule has 1 aromatic rings. The predicted octanol–water partition coefficient (Wildman–Crippen LogP) is 2.48. The molecule has 21 heavy (non-hydrogen) atoms. The first-order chi connectivity index (χ1) is 9.73. The van der Waals surface area contributed by atoms with Crippen molar-refractivity contribution in [3.05, 3.63) is 23.0 Å². The van der Waals surface area contributed by atoms with Crippen molar-refractivity contribution in [2.24, 2.45) is 5.73 Å². The van der Waals surface area contributed by atoms with Crippen LogP contribution in [0.1, 0.15) is 44.6 Å². The molecule has 0 saturated heterocycles. The van der Waals surface area contributed by atoms with Gasteiger partial charge in [0, 0.05) is 30.4 Å². The fraction of sp³-hybridized carbons (Fsp3) is 0.625. The van der Waals surface area contributed by atoms with Crippen LogP contribution in [0.3, 0.4) is 0 Å².